The molecule has 33 heavy (non-hydrogen) atoms. The molecule has 178 valence electrons. The predicted molar refractivity (Wildman–Crippen MR) is 129 cm³/mol. The lowest BCUT2D eigenvalue weighted by atomic mass is 10.0. The summed E-state index contributed by atoms with van der Waals surface area (Å²) in [5.74, 6) is 1.16. The van der Waals surface area contributed by atoms with Crippen molar-refractivity contribution in [1.82, 2.24) is 29.7 Å². The van der Waals surface area contributed by atoms with E-state index in [1.54, 1.807) is 0 Å². The third-order valence-electron chi connectivity index (χ3n) is 6.51. The van der Waals surface area contributed by atoms with Crippen LogP contribution in [0.1, 0.15) is 79.3 Å². The van der Waals surface area contributed by atoms with E-state index in [4.69, 9.17) is 14.6 Å². The minimum atomic E-state index is -0.223. The lowest BCUT2D eigenvalue weighted by molar-refractivity contribution is 0.0629. The molecule has 1 fully saturated rings. The lowest BCUT2D eigenvalue weighted by Crippen LogP contribution is -2.48. The van der Waals surface area contributed by atoms with E-state index < -0.39 is 0 Å². The number of rotatable bonds is 4. The van der Waals surface area contributed by atoms with E-state index in [0.29, 0.717) is 13.1 Å². The van der Waals surface area contributed by atoms with Gasteiger partial charge < -0.3 is 9.42 Å². The van der Waals surface area contributed by atoms with E-state index in [1.165, 1.54) is 0 Å². The highest BCUT2D eigenvalue weighted by Crippen LogP contribution is 2.30. The first-order chi connectivity index (χ1) is 15.5. The van der Waals surface area contributed by atoms with Crippen LogP contribution in [0, 0.1) is 20.8 Å². The highest BCUT2D eigenvalue weighted by atomic mass is 16.5. The summed E-state index contributed by atoms with van der Waals surface area (Å²) >= 11 is 0. The van der Waals surface area contributed by atoms with Crippen LogP contribution in [0.2, 0.25) is 0 Å². The zero-order chi connectivity index (χ0) is 24.1. The number of piperazine rings is 1. The van der Waals surface area contributed by atoms with Gasteiger partial charge >= 0.3 is 0 Å². The Hall–Kier alpha value is -2.74. The second kappa shape index (κ2) is 8.56. The van der Waals surface area contributed by atoms with Gasteiger partial charge in [-0.05, 0) is 53.5 Å². The molecule has 0 N–H and O–H groups in total. The van der Waals surface area contributed by atoms with Gasteiger partial charge in [0.15, 0.2) is 5.65 Å². The van der Waals surface area contributed by atoms with E-state index in [2.05, 4.69) is 44.7 Å². The molecule has 0 aromatic carbocycles. The molecular weight excluding hydrogens is 416 g/mol. The molecule has 0 atom stereocenters. The molecule has 1 saturated heterocycles. The van der Waals surface area contributed by atoms with Crippen molar-refractivity contribution in [3.8, 4) is 0 Å². The third-order valence-corrected chi connectivity index (χ3v) is 6.51. The summed E-state index contributed by atoms with van der Waals surface area (Å²) in [6.07, 6.45) is 0. The van der Waals surface area contributed by atoms with E-state index in [1.807, 2.05) is 36.4 Å². The summed E-state index contributed by atoms with van der Waals surface area (Å²) in [4.78, 5) is 23.0. The summed E-state index contributed by atoms with van der Waals surface area (Å²) in [5.41, 5.74) is 5.16. The Bertz CT molecular complexity index is 1160. The zero-order valence-electron chi connectivity index (χ0n) is 21.2. The Morgan fingerprint density at radius 3 is 2.30 bits per heavy atom. The molecule has 0 unspecified atom stereocenters. The fourth-order valence-corrected chi connectivity index (χ4v) is 4.47. The maximum Gasteiger partial charge on any atom is 0.254 e. The standard InChI is InChI=1S/C25H36N6O2/c1-15(2)21-13-19(22-17(4)27-31(23(22)26-21)25(6,7)8)24(32)30-11-9-29(10-12-30)14-20-16(3)28-33-18(20)5/h13,15H,9-12,14H2,1-8H3. The van der Waals surface area contributed by atoms with Crippen LogP contribution in [0.3, 0.4) is 0 Å². The molecule has 4 rings (SSSR count). The van der Waals surface area contributed by atoms with Crippen LogP contribution in [-0.2, 0) is 12.1 Å². The lowest BCUT2D eigenvalue weighted by Gasteiger charge is -2.35. The van der Waals surface area contributed by atoms with Crippen LogP contribution in [0.15, 0.2) is 10.6 Å². The van der Waals surface area contributed by atoms with Gasteiger partial charge in [-0.2, -0.15) is 5.10 Å². The van der Waals surface area contributed by atoms with Crippen molar-refractivity contribution < 1.29 is 9.32 Å². The third kappa shape index (κ3) is 4.40. The van der Waals surface area contributed by atoms with Gasteiger partial charge in [0, 0.05) is 44.0 Å². The Morgan fingerprint density at radius 2 is 1.76 bits per heavy atom. The first kappa shape index (κ1) is 23.4. The molecule has 0 bridgehead atoms. The smallest absolute Gasteiger partial charge is 0.254 e. The zero-order valence-corrected chi connectivity index (χ0v) is 21.2. The summed E-state index contributed by atoms with van der Waals surface area (Å²) in [6, 6.07) is 1.98. The van der Waals surface area contributed by atoms with Gasteiger partial charge in [0.05, 0.1) is 27.9 Å². The molecule has 0 radical (unpaired) electrons. The number of amides is 1. The molecule has 8 heteroatoms. The molecule has 4 heterocycles. The number of hydrogen-bond donors (Lipinski definition) is 0. The van der Waals surface area contributed by atoms with E-state index in [-0.39, 0.29) is 17.4 Å². The highest BCUT2D eigenvalue weighted by Gasteiger charge is 2.29. The fourth-order valence-electron chi connectivity index (χ4n) is 4.47. The SMILES string of the molecule is Cc1noc(C)c1CN1CCN(C(=O)c2cc(C(C)C)nc3c2c(C)nn3C(C)(C)C)CC1. The normalized spacial score (nSPS) is 15.7. The maximum absolute atomic E-state index is 13.7. The van der Waals surface area contributed by atoms with Crippen molar-refractivity contribution in [3.63, 3.8) is 0 Å². The molecule has 0 spiro atoms. The van der Waals surface area contributed by atoms with Gasteiger partial charge in [-0.1, -0.05) is 19.0 Å². The molecule has 8 nitrogen and oxygen atoms in total. The number of nitrogens with zero attached hydrogens (tertiary/aromatic N) is 6. The summed E-state index contributed by atoms with van der Waals surface area (Å²) in [5, 5.41) is 9.72. The number of carbonyl (C=O) groups is 1. The molecule has 1 aliphatic heterocycles. The molecule has 3 aromatic heterocycles. The molecule has 3 aromatic rings. The minimum Gasteiger partial charge on any atom is -0.361 e. The summed E-state index contributed by atoms with van der Waals surface area (Å²) < 4.78 is 7.27. The van der Waals surface area contributed by atoms with Crippen molar-refractivity contribution in [3.05, 3.63) is 40.0 Å². The quantitative estimate of drug-likeness (QED) is 0.591. The second-order valence-corrected chi connectivity index (χ2v) is 10.5. The monoisotopic (exact) mass is 452 g/mol. The van der Waals surface area contributed by atoms with Crippen molar-refractivity contribution in [2.75, 3.05) is 26.2 Å². The van der Waals surface area contributed by atoms with Crippen LogP contribution < -0.4 is 0 Å². The van der Waals surface area contributed by atoms with Crippen molar-refractivity contribution in [2.24, 2.45) is 0 Å². The number of carbonyl (C=O) groups excluding carboxylic acids is 1. The molecular formula is C25H36N6O2. The second-order valence-electron chi connectivity index (χ2n) is 10.5. The Labute approximate surface area is 195 Å². The van der Waals surface area contributed by atoms with Gasteiger partial charge in [-0.3, -0.25) is 9.69 Å². The van der Waals surface area contributed by atoms with Gasteiger partial charge in [0.2, 0.25) is 0 Å². The summed E-state index contributed by atoms with van der Waals surface area (Å²) in [7, 11) is 0. The van der Waals surface area contributed by atoms with E-state index in [9.17, 15) is 4.79 Å². The number of hydrogen-bond acceptors (Lipinski definition) is 6. The van der Waals surface area contributed by atoms with Crippen LogP contribution in [0.5, 0.6) is 0 Å². The van der Waals surface area contributed by atoms with Crippen LogP contribution in [-0.4, -0.2) is 61.8 Å². The first-order valence-corrected chi connectivity index (χ1v) is 11.8. The average molecular weight is 453 g/mol. The minimum absolute atomic E-state index is 0.0675. The maximum atomic E-state index is 13.7. The Balaban J connectivity index is 1.61. The van der Waals surface area contributed by atoms with Gasteiger partial charge in [0.25, 0.3) is 5.91 Å². The van der Waals surface area contributed by atoms with Crippen LogP contribution in [0.25, 0.3) is 11.0 Å². The van der Waals surface area contributed by atoms with Crippen LogP contribution in [0.4, 0.5) is 0 Å². The number of fused-ring (bicyclic) bond motifs is 1. The van der Waals surface area contributed by atoms with E-state index in [0.717, 1.165) is 64.6 Å². The Morgan fingerprint density at radius 1 is 1.09 bits per heavy atom. The number of aryl methyl sites for hydroxylation is 3. The number of aromatic nitrogens is 4. The van der Waals surface area contributed by atoms with Crippen molar-refractivity contribution in [2.45, 2.75) is 73.4 Å². The summed E-state index contributed by atoms with van der Waals surface area (Å²) in [6.45, 7) is 20.3. The molecule has 0 saturated carbocycles. The topological polar surface area (TPSA) is 80.3 Å². The largest absolute Gasteiger partial charge is 0.361 e. The van der Waals surface area contributed by atoms with Gasteiger partial charge in [-0.15, -0.1) is 0 Å². The molecule has 1 amide bonds. The number of pyridine rings is 1. The van der Waals surface area contributed by atoms with Crippen molar-refractivity contribution in [1.29, 1.82) is 0 Å². The van der Waals surface area contributed by atoms with Gasteiger partial charge in [0.1, 0.15) is 5.76 Å². The van der Waals surface area contributed by atoms with E-state index >= 15 is 0 Å². The Kier molecular flexibility index (Phi) is 6.07. The van der Waals surface area contributed by atoms with Crippen LogP contribution >= 0.6 is 0 Å². The molecule has 1 aliphatic rings. The predicted octanol–water partition coefficient (Wildman–Crippen LogP) is 4.18. The first-order valence-electron chi connectivity index (χ1n) is 11.8. The highest BCUT2D eigenvalue weighted by molar-refractivity contribution is 6.06. The van der Waals surface area contributed by atoms with Crippen molar-refractivity contribution >= 4 is 16.9 Å². The average Bonchev–Trinajstić information content (AvgIpc) is 3.27. The fraction of sp³-hybridized carbons (Fsp3) is 0.600. The van der Waals surface area contributed by atoms with Gasteiger partial charge in [-0.25, -0.2) is 9.67 Å². The molecule has 0 aliphatic carbocycles.